The van der Waals surface area contributed by atoms with Crippen molar-refractivity contribution >= 4 is 0 Å². The van der Waals surface area contributed by atoms with E-state index in [9.17, 15) is 0 Å². The summed E-state index contributed by atoms with van der Waals surface area (Å²) in [4.78, 5) is 4.96. The highest BCUT2D eigenvalue weighted by atomic mass is 15.1. The van der Waals surface area contributed by atoms with Gasteiger partial charge in [-0.2, -0.15) is 0 Å². The van der Waals surface area contributed by atoms with Gasteiger partial charge in [0.25, 0.3) is 0 Å². The predicted molar refractivity (Wildman–Crippen MR) is 72.6 cm³/mol. The van der Waals surface area contributed by atoms with Crippen molar-refractivity contribution in [2.45, 2.75) is 71.3 Å². The lowest BCUT2D eigenvalue weighted by Gasteiger charge is -2.34. The lowest BCUT2D eigenvalue weighted by atomic mass is 9.73. The number of nitrogens with zero attached hydrogens (tertiary/aromatic N) is 2. The van der Waals surface area contributed by atoms with E-state index in [1.54, 1.807) is 5.69 Å². The molecule has 98 valence electrons. The van der Waals surface area contributed by atoms with E-state index in [2.05, 4.69) is 11.5 Å². The van der Waals surface area contributed by atoms with Crippen LogP contribution in [0.15, 0.2) is 0 Å². The Labute approximate surface area is 110 Å². The van der Waals surface area contributed by atoms with Gasteiger partial charge in [-0.3, -0.25) is 0 Å². The maximum atomic E-state index is 4.96. The van der Waals surface area contributed by atoms with Crippen LogP contribution in [0.1, 0.15) is 62.7 Å². The standard InChI is InChI=1S/C16H24N2/c1-12-5-9-18-14-11-16(6-2-3-7-16)8-4-13(14)17-15(18)10-12/h12H,2-11H2,1H3. The van der Waals surface area contributed by atoms with Crippen molar-refractivity contribution in [2.75, 3.05) is 0 Å². The minimum atomic E-state index is 0.673. The van der Waals surface area contributed by atoms with Gasteiger partial charge in [-0.1, -0.05) is 19.8 Å². The maximum absolute atomic E-state index is 4.96. The molecule has 1 aromatic heterocycles. The smallest absolute Gasteiger partial charge is 0.109 e. The summed E-state index contributed by atoms with van der Waals surface area (Å²) in [5.41, 5.74) is 3.76. The number of hydrogen-bond donors (Lipinski definition) is 0. The van der Waals surface area contributed by atoms with Crippen molar-refractivity contribution in [3.63, 3.8) is 0 Å². The fourth-order valence-corrected chi connectivity index (χ4v) is 4.55. The van der Waals surface area contributed by atoms with Crippen LogP contribution in [0.25, 0.3) is 0 Å². The van der Waals surface area contributed by atoms with Gasteiger partial charge in [-0.05, 0) is 49.9 Å². The average molecular weight is 244 g/mol. The second-order valence-electron chi connectivity index (χ2n) is 7.05. The molecule has 2 nitrogen and oxygen atoms in total. The topological polar surface area (TPSA) is 17.8 Å². The molecule has 3 aliphatic rings. The number of rotatable bonds is 0. The highest BCUT2D eigenvalue weighted by Gasteiger charge is 2.39. The first-order chi connectivity index (χ1) is 8.76. The maximum Gasteiger partial charge on any atom is 0.109 e. The Bertz CT molecular complexity index is 466. The molecular formula is C16H24N2. The molecule has 18 heavy (non-hydrogen) atoms. The Morgan fingerprint density at radius 1 is 1.22 bits per heavy atom. The summed E-state index contributed by atoms with van der Waals surface area (Å²) in [5.74, 6) is 2.23. The summed E-state index contributed by atoms with van der Waals surface area (Å²) >= 11 is 0. The van der Waals surface area contributed by atoms with Crippen molar-refractivity contribution in [1.29, 1.82) is 0 Å². The molecule has 1 fully saturated rings. The monoisotopic (exact) mass is 244 g/mol. The van der Waals surface area contributed by atoms with Gasteiger partial charge in [-0.25, -0.2) is 4.98 Å². The van der Waals surface area contributed by atoms with Crippen LogP contribution in [-0.4, -0.2) is 9.55 Å². The summed E-state index contributed by atoms with van der Waals surface area (Å²) in [7, 11) is 0. The molecule has 2 heteroatoms. The Morgan fingerprint density at radius 2 is 2.06 bits per heavy atom. The SMILES string of the molecule is CC1CCn2c(nc3c2CC2(CCCC2)CC3)C1. The molecule has 0 radical (unpaired) electrons. The molecule has 0 aromatic carbocycles. The molecule has 4 rings (SSSR count). The number of imidazole rings is 1. The molecule has 2 heterocycles. The molecule has 0 bridgehead atoms. The van der Waals surface area contributed by atoms with Crippen LogP contribution >= 0.6 is 0 Å². The second-order valence-corrected chi connectivity index (χ2v) is 7.05. The average Bonchev–Trinajstić information content (AvgIpc) is 2.94. The van der Waals surface area contributed by atoms with Gasteiger partial charge in [0.2, 0.25) is 0 Å². The van der Waals surface area contributed by atoms with Gasteiger partial charge < -0.3 is 4.57 Å². The van der Waals surface area contributed by atoms with Crippen molar-refractivity contribution in [3.05, 3.63) is 17.2 Å². The first-order valence-corrected chi connectivity index (χ1v) is 7.83. The van der Waals surface area contributed by atoms with E-state index in [1.165, 1.54) is 75.9 Å². The lowest BCUT2D eigenvalue weighted by molar-refractivity contribution is 0.245. The number of fused-ring (bicyclic) bond motifs is 3. The van der Waals surface area contributed by atoms with E-state index in [-0.39, 0.29) is 0 Å². The lowest BCUT2D eigenvalue weighted by Crippen LogP contribution is -2.28. The summed E-state index contributed by atoms with van der Waals surface area (Å²) in [5, 5.41) is 0. The zero-order valence-electron chi connectivity index (χ0n) is 11.5. The Kier molecular flexibility index (Phi) is 2.37. The third-order valence-corrected chi connectivity index (χ3v) is 5.71. The van der Waals surface area contributed by atoms with Gasteiger partial charge in [0.1, 0.15) is 5.82 Å². The molecule has 1 aromatic rings. The minimum Gasteiger partial charge on any atom is -0.332 e. The van der Waals surface area contributed by atoms with Crippen molar-refractivity contribution < 1.29 is 0 Å². The molecule has 1 atom stereocenters. The molecule has 1 unspecified atom stereocenters. The van der Waals surface area contributed by atoms with E-state index in [0.717, 1.165) is 5.92 Å². The Balaban J connectivity index is 1.71. The van der Waals surface area contributed by atoms with Crippen LogP contribution in [0, 0.1) is 11.3 Å². The molecule has 1 spiro atoms. The number of aromatic nitrogens is 2. The summed E-state index contributed by atoms with van der Waals surface area (Å²) in [6.07, 6.45) is 12.4. The van der Waals surface area contributed by atoms with Crippen LogP contribution in [-0.2, 0) is 25.8 Å². The number of aryl methyl sites for hydroxylation is 1. The van der Waals surface area contributed by atoms with E-state index >= 15 is 0 Å². The normalized spacial score (nSPS) is 29.3. The molecule has 0 N–H and O–H groups in total. The predicted octanol–water partition coefficient (Wildman–Crippen LogP) is 3.51. The van der Waals surface area contributed by atoms with E-state index in [0.29, 0.717) is 5.41 Å². The first kappa shape index (κ1) is 11.1. The van der Waals surface area contributed by atoms with Crippen LogP contribution in [0.2, 0.25) is 0 Å². The molecular weight excluding hydrogens is 220 g/mol. The quantitative estimate of drug-likeness (QED) is 0.683. The Hall–Kier alpha value is -0.790. The van der Waals surface area contributed by atoms with Gasteiger partial charge in [0.15, 0.2) is 0 Å². The largest absolute Gasteiger partial charge is 0.332 e. The van der Waals surface area contributed by atoms with Crippen LogP contribution in [0.4, 0.5) is 0 Å². The minimum absolute atomic E-state index is 0.673. The third-order valence-electron chi connectivity index (χ3n) is 5.71. The summed E-state index contributed by atoms with van der Waals surface area (Å²) in [6.45, 7) is 3.60. The first-order valence-electron chi connectivity index (χ1n) is 7.83. The zero-order chi connectivity index (χ0) is 12.2. The molecule has 2 aliphatic carbocycles. The molecule has 0 saturated heterocycles. The van der Waals surface area contributed by atoms with Gasteiger partial charge >= 0.3 is 0 Å². The third kappa shape index (κ3) is 1.57. The second kappa shape index (κ2) is 3.85. The van der Waals surface area contributed by atoms with Crippen LogP contribution in [0.5, 0.6) is 0 Å². The van der Waals surface area contributed by atoms with Crippen molar-refractivity contribution in [2.24, 2.45) is 11.3 Å². The molecule has 0 amide bonds. The Morgan fingerprint density at radius 3 is 2.89 bits per heavy atom. The van der Waals surface area contributed by atoms with Crippen molar-refractivity contribution in [1.82, 2.24) is 9.55 Å². The summed E-state index contributed by atoms with van der Waals surface area (Å²) in [6, 6.07) is 0. The van der Waals surface area contributed by atoms with E-state index in [4.69, 9.17) is 4.98 Å². The van der Waals surface area contributed by atoms with Gasteiger partial charge in [-0.15, -0.1) is 0 Å². The highest BCUT2D eigenvalue weighted by Crippen LogP contribution is 2.48. The van der Waals surface area contributed by atoms with Crippen molar-refractivity contribution in [3.8, 4) is 0 Å². The van der Waals surface area contributed by atoms with Crippen LogP contribution in [0.3, 0.4) is 0 Å². The van der Waals surface area contributed by atoms with Gasteiger partial charge in [0, 0.05) is 18.7 Å². The molecule has 1 saturated carbocycles. The zero-order valence-corrected chi connectivity index (χ0v) is 11.5. The fraction of sp³-hybridized carbons (Fsp3) is 0.812. The van der Waals surface area contributed by atoms with E-state index < -0.39 is 0 Å². The number of hydrogen-bond acceptors (Lipinski definition) is 1. The summed E-state index contributed by atoms with van der Waals surface area (Å²) < 4.78 is 2.59. The van der Waals surface area contributed by atoms with Crippen LogP contribution < -0.4 is 0 Å². The van der Waals surface area contributed by atoms with Gasteiger partial charge in [0.05, 0.1) is 5.69 Å². The highest BCUT2D eigenvalue weighted by molar-refractivity contribution is 5.24. The molecule has 1 aliphatic heterocycles. The van der Waals surface area contributed by atoms with E-state index in [1.807, 2.05) is 0 Å². The fourth-order valence-electron chi connectivity index (χ4n) is 4.55.